The third kappa shape index (κ3) is 6.41. The molecule has 0 spiro atoms. The number of hydrazine groups is 1. The summed E-state index contributed by atoms with van der Waals surface area (Å²) in [6.07, 6.45) is 0.273. The Balaban J connectivity index is 1.37. The van der Waals surface area contributed by atoms with Crippen molar-refractivity contribution >= 4 is 17.5 Å². The van der Waals surface area contributed by atoms with Crippen molar-refractivity contribution < 1.29 is 28.0 Å². The van der Waals surface area contributed by atoms with Crippen LogP contribution in [0.1, 0.15) is 16.8 Å². The molecule has 2 amide bonds. The lowest BCUT2D eigenvalue weighted by Gasteiger charge is -2.33. The SMILES string of the molecule is O=C(CC[NH+]1CCN(c2ccccc2)CC1)NNC(=O)c1cccc(OC(F)F)c1. The first-order chi connectivity index (χ1) is 14.5. The van der Waals surface area contributed by atoms with Gasteiger partial charge in [-0.15, -0.1) is 0 Å². The Morgan fingerprint density at radius 2 is 1.77 bits per heavy atom. The molecule has 7 nitrogen and oxygen atoms in total. The average molecular weight is 419 g/mol. The van der Waals surface area contributed by atoms with Crippen LogP contribution in [0.25, 0.3) is 0 Å². The van der Waals surface area contributed by atoms with Crippen LogP contribution in [0.4, 0.5) is 14.5 Å². The number of rotatable bonds is 7. The number of para-hydroxylation sites is 1. The van der Waals surface area contributed by atoms with Crippen LogP contribution in [0.3, 0.4) is 0 Å². The number of hydrogen-bond acceptors (Lipinski definition) is 4. The Kier molecular flexibility index (Phi) is 7.56. The number of carbonyl (C=O) groups is 2. The van der Waals surface area contributed by atoms with Gasteiger partial charge in [-0.05, 0) is 30.3 Å². The van der Waals surface area contributed by atoms with E-state index < -0.39 is 12.5 Å². The Bertz CT molecular complexity index is 843. The molecule has 0 aromatic heterocycles. The molecule has 2 aromatic carbocycles. The number of piperazine rings is 1. The molecule has 0 saturated carbocycles. The van der Waals surface area contributed by atoms with Crippen LogP contribution in [0.2, 0.25) is 0 Å². The number of benzene rings is 2. The number of alkyl halides is 2. The van der Waals surface area contributed by atoms with Gasteiger partial charge in [0.2, 0.25) is 5.91 Å². The van der Waals surface area contributed by atoms with Gasteiger partial charge >= 0.3 is 6.61 Å². The Hall–Kier alpha value is -3.20. The third-order valence-corrected chi connectivity index (χ3v) is 4.93. The lowest BCUT2D eigenvalue weighted by atomic mass is 10.2. The van der Waals surface area contributed by atoms with Crippen LogP contribution in [-0.4, -0.2) is 51.1 Å². The van der Waals surface area contributed by atoms with E-state index in [1.807, 2.05) is 18.2 Å². The summed E-state index contributed by atoms with van der Waals surface area (Å²) >= 11 is 0. The molecule has 0 aliphatic carbocycles. The largest absolute Gasteiger partial charge is 0.435 e. The van der Waals surface area contributed by atoms with E-state index in [0.29, 0.717) is 6.54 Å². The van der Waals surface area contributed by atoms with Gasteiger partial charge in [0, 0.05) is 11.3 Å². The molecule has 1 heterocycles. The van der Waals surface area contributed by atoms with Crippen molar-refractivity contribution in [2.75, 3.05) is 37.6 Å². The molecule has 1 saturated heterocycles. The van der Waals surface area contributed by atoms with Gasteiger partial charge in [0.25, 0.3) is 5.91 Å². The number of nitrogens with zero attached hydrogens (tertiary/aromatic N) is 1. The fraction of sp³-hybridized carbons (Fsp3) is 0.333. The summed E-state index contributed by atoms with van der Waals surface area (Å²) in [7, 11) is 0. The van der Waals surface area contributed by atoms with Crippen LogP contribution in [0.15, 0.2) is 54.6 Å². The molecule has 0 bridgehead atoms. The summed E-state index contributed by atoms with van der Waals surface area (Å²) < 4.78 is 28.8. The molecule has 1 fully saturated rings. The van der Waals surface area contributed by atoms with Crippen molar-refractivity contribution in [3.63, 3.8) is 0 Å². The molecule has 1 aliphatic heterocycles. The molecular formula is C21H25F2N4O3+. The lowest BCUT2D eigenvalue weighted by molar-refractivity contribution is -0.900. The van der Waals surface area contributed by atoms with Crippen molar-refractivity contribution in [3.8, 4) is 5.75 Å². The van der Waals surface area contributed by atoms with Gasteiger partial charge < -0.3 is 14.5 Å². The molecule has 160 valence electrons. The second-order valence-corrected chi connectivity index (χ2v) is 6.98. The summed E-state index contributed by atoms with van der Waals surface area (Å²) in [6, 6.07) is 15.6. The van der Waals surface area contributed by atoms with Gasteiger partial charge in [-0.1, -0.05) is 24.3 Å². The maximum atomic E-state index is 12.3. The lowest BCUT2D eigenvalue weighted by Crippen LogP contribution is -3.15. The number of nitrogens with one attached hydrogen (secondary N) is 3. The molecule has 0 radical (unpaired) electrons. The van der Waals surface area contributed by atoms with Crippen molar-refractivity contribution in [3.05, 3.63) is 60.2 Å². The first kappa shape index (κ1) is 21.5. The summed E-state index contributed by atoms with van der Waals surface area (Å²) in [4.78, 5) is 27.8. The van der Waals surface area contributed by atoms with E-state index in [-0.39, 0.29) is 23.6 Å². The predicted molar refractivity (Wildman–Crippen MR) is 108 cm³/mol. The Morgan fingerprint density at radius 1 is 1.03 bits per heavy atom. The summed E-state index contributed by atoms with van der Waals surface area (Å²) in [5.41, 5.74) is 5.98. The van der Waals surface area contributed by atoms with Crippen LogP contribution < -0.4 is 25.4 Å². The van der Waals surface area contributed by atoms with E-state index in [1.165, 1.54) is 34.9 Å². The number of amides is 2. The first-order valence-corrected chi connectivity index (χ1v) is 9.79. The van der Waals surface area contributed by atoms with E-state index in [0.717, 1.165) is 26.2 Å². The normalized spacial score (nSPS) is 14.4. The van der Waals surface area contributed by atoms with Gasteiger partial charge in [-0.2, -0.15) is 8.78 Å². The zero-order valence-corrected chi connectivity index (χ0v) is 16.4. The third-order valence-electron chi connectivity index (χ3n) is 4.93. The van der Waals surface area contributed by atoms with Crippen LogP contribution >= 0.6 is 0 Å². The Morgan fingerprint density at radius 3 is 2.47 bits per heavy atom. The second kappa shape index (κ2) is 10.5. The van der Waals surface area contributed by atoms with E-state index in [1.54, 1.807) is 0 Å². The highest BCUT2D eigenvalue weighted by Gasteiger charge is 2.20. The predicted octanol–water partition coefficient (Wildman–Crippen LogP) is 0.844. The molecule has 2 aromatic rings. The topological polar surface area (TPSA) is 75.1 Å². The highest BCUT2D eigenvalue weighted by atomic mass is 19.3. The minimum atomic E-state index is -2.97. The fourth-order valence-electron chi connectivity index (χ4n) is 3.33. The number of halogens is 2. The Labute approximate surface area is 173 Å². The first-order valence-electron chi connectivity index (χ1n) is 9.79. The molecule has 30 heavy (non-hydrogen) atoms. The van der Waals surface area contributed by atoms with Crippen molar-refractivity contribution in [2.45, 2.75) is 13.0 Å². The van der Waals surface area contributed by atoms with E-state index >= 15 is 0 Å². The quantitative estimate of drug-likeness (QED) is 0.582. The summed E-state index contributed by atoms with van der Waals surface area (Å²) in [5, 5.41) is 0. The highest BCUT2D eigenvalue weighted by Crippen LogP contribution is 2.15. The monoisotopic (exact) mass is 419 g/mol. The highest BCUT2D eigenvalue weighted by molar-refractivity contribution is 5.95. The van der Waals surface area contributed by atoms with Crippen molar-refractivity contribution in [2.24, 2.45) is 0 Å². The van der Waals surface area contributed by atoms with Crippen LogP contribution in [0, 0.1) is 0 Å². The minimum Gasteiger partial charge on any atom is -0.435 e. The van der Waals surface area contributed by atoms with E-state index in [4.69, 9.17) is 0 Å². The zero-order chi connectivity index (χ0) is 21.3. The van der Waals surface area contributed by atoms with Gasteiger partial charge in [0.1, 0.15) is 5.75 Å². The van der Waals surface area contributed by atoms with Gasteiger partial charge in [-0.3, -0.25) is 20.4 Å². The minimum absolute atomic E-state index is 0.108. The summed E-state index contributed by atoms with van der Waals surface area (Å²) in [6.45, 7) is 1.42. The summed E-state index contributed by atoms with van der Waals surface area (Å²) in [5.74, 6) is -1.03. The maximum absolute atomic E-state index is 12.3. The number of quaternary nitrogens is 1. The molecule has 9 heteroatoms. The molecule has 0 unspecified atom stereocenters. The standard InChI is InChI=1S/C21H24F2N4O3/c22-21(23)30-18-8-4-5-16(15-18)20(29)25-24-19(28)9-10-26-11-13-27(14-12-26)17-6-2-1-3-7-17/h1-8,15,21H,9-14H2,(H,24,28)(H,25,29)/p+1. The number of hydrogen-bond donors (Lipinski definition) is 3. The molecular weight excluding hydrogens is 394 g/mol. The fourth-order valence-corrected chi connectivity index (χ4v) is 3.33. The van der Waals surface area contributed by atoms with Crippen molar-refractivity contribution in [1.29, 1.82) is 0 Å². The molecule has 1 aliphatic rings. The van der Waals surface area contributed by atoms with E-state index in [2.05, 4.69) is 32.6 Å². The van der Waals surface area contributed by atoms with Gasteiger partial charge in [0.15, 0.2) is 0 Å². The van der Waals surface area contributed by atoms with Gasteiger partial charge in [-0.25, -0.2) is 0 Å². The molecule has 3 rings (SSSR count). The van der Waals surface area contributed by atoms with Crippen LogP contribution in [-0.2, 0) is 4.79 Å². The smallest absolute Gasteiger partial charge is 0.387 e. The van der Waals surface area contributed by atoms with Crippen molar-refractivity contribution in [1.82, 2.24) is 10.9 Å². The van der Waals surface area contributed by atoms with Crippen LogP contribution in [0.5, 0.6) is 5.75 Å². The average Bonchev–Trinajstić information content (AvgIpc) is 2.76. The van der Waals surface area contributed by atoms with Gasteiger partial charge in [0.05, 0.1) is 39.1 Å². The maximum Gasteiger partial charge on any atom is 0.387 e. The number of ether oxygens (including phenoxy) is 1. The number of anilines is 1. The second-order valence-electron chi connectivity index (χ2n) is 6.98. The van der Waals surface area contributed by atoms with E-state index in [9.17, 15) is 18.4 Å². The number of carbonyl (C=O) groups excluding carboxylic acids is 2. The zero-order valence-electron chi connectivity index (χ0n) is 16.4. The molecule has 0 atom stereocenters. The molecule has 3 N–H and O–H groups in total.